The molecule has 1 heterocycles. The van der Waals surface area contributed by atoms with Crippen molar-refractivity contribution in [1.29, 1.82) is 0 Å². The van der Waals surface area contributed by atoms with E-state index in [0.717, 1.165) is 16.0 Å². The number of hydrogen-bond acceptors (Lipinski definition) is 4. The minimum atomic E-state index is -0.344. The molecular weight excluding hydrogens is 337 g/mol. The lowest BCUT2D eigenvalue weighted by Crippen LogP contribution is -2.30. The molecule has 0 spiro atoms. The van der Waals surface area contributed by atoms with Crippen molar-refractivity contribution in [2.24, 2.45) is 0 Å². The molecule has 0 fully saturated rings. The summed E-state index contributed by atoms with van der Waals surface area (Å²) in [7, 11) is 1.78. The molecule has 0 unspecified atom stereocenters. The van der Waals surface area contributed by atoms with Crippen molar-refractivity contribution in [3.05, 3.63) is 53.8 Å². The number of para-hydroxylation sites is 2. The third-order valence-electron chi connectivity index (χ3n) is 3.92. The van der Waals surface area contributed by atoms with Crippen LogP contribution in [0, 0.1) is 5.82 Å². The Kier molecular flexibility index (Phi) is 4.99. The Morgan fingerprint density at radius 3 is 2.72 bits per heavy atom. The molecule has 130 valence electrons. The minimum absolute atomic E-state index is 0.129. The number of nitrogens with zero attached hydrogens (tertiary/aromatic N) is 2. The molecule has 0 aliphatic rings. The molecular formula is C19H20FN3OS. The van der Waals surface area contributed by atoms with Crippen LogP contribution in [0.4, 0.5) is 15.2 Å². The van der Waals surface area contributed by atoms with Crippen LogP contribution in [0.1, 0.15) is 25.3 Å². The normalized spacial score (nSPS) is 11.1. The van der Waals surface area contributed by atoms with Gasteiger partial charge < -0.3 is 10.2 Å². The lowest BCUT2D eigenvalue weighted by Gasteiger charge is -2.17. The average Bonchev–Trinajstić information content (AvgIpc) is 3.01. The maximum absolute atomic E-state index is 13.8. The van der Waals surface area contributed by atoms with E-state index in [1.165, 1.54) is 17.4 Å². The monoisotopic (exact) mass is 357 g/mol. The van der Waals surface area contributed by atoms with E-state index in [1.54, 1.807) is 18.0 Å². The number of likely N-dealkylation sites (N-methyl/N-ethyl adjacent to an activating group) is 1. The Bertz CT molecular complexity index is 907. The summed E-state index contributed by atoms with van der Waals surface area (Å²) in [5.41, 5.74) is 2.27. The van der Waals surface area contributed by atoms with Gasteiger partial charge in [-0.05, 0) is 29.7 Å². The third-order valence-corrected chi connectivity index (χ3v) is 5.06. The Hall–Kier alpha value is -2.47. The minimum Gasteiger partial charge on any atom is -0.342 e. The van der Waals surface area contributed by atoms with Crippen molar-refractivity contribution in [2.75, 3.05) is 23.8 Å². The summed E-state index contributed by atoms with van der Waals surface area (Å²) in [5, 5.41) is 3.58. The first-order chi connectivity index (χ1) is 12.0. The summed E-state index contributed by atoms with van der Waals surface area (Å²) < 4.78 is 14.6. The number of fused-ring (bicyclic) bond motifs is 1. The zero-order valence-corrected chi connectivity index (χ0v) is 15.2. The second kappa shape index (κ2) is 7.19. The molecule has 2 aromatic carbocycles. The topological polar surface area (TPSA) is 45.2 Å². The molecule has 0 bridgehead atoms. The summed E-state index contributed by atoms with van der Waals surface area (Å²) in [5.74, 6) is -0.152. The van der Waals surface area contributed by atoms with Gasteiger partial charge in [0.1, 0.15) is 11.3 Å². The largest absolute Gasteiger partial charge is 0.342 e. The Balaban J connectivity index is 1.73. The number of rotatable bonds is 5. The van der Waals surface area contributed by atoms with Gasteiger partial charge in [-0.2, -0.15) is 0 Å². The smallest absolute Gasteiger partial charge is 0.243 e. The molecule has 0 aliphatic heterocycles. The molecule has 3 aromatic rings. The van der Waals surface area contributed by atoms with Crippen LogP contribution >= 0.6 is 11.3 Å². The zero-order valence-electron chi connectivity index (χ0n) is 14.4. The number of halogens is 1. The van der Waals surface area contributed by atoms with Crippen LogP contribution in [-0.4, -0.2) is 24.5 Å². The van der Waals surface area contributed by atoms with Crippen molar-refractivity contribution in [1.82, 2.24) is 4.98 Å². The molecule has 0 aliphatic carbocycles. The number of benzene rings is 2. The molecule has 6 heteroatoms. The van der Waals surface area contributed by atoms with E-state index in [2.05, 4.69) is 24.1 Å². The van der Waals surface area contributed by atoms with E-state index in [0.29, 0.717) is 16.6 Å². The molecule has 0 saturated carbocycles. The van der Waals surface area contributed by atoms with Crippen LogP contribution in [0.2, 0.25) is 0 Å². The highest BCUT2D eigenvalue weighted by atomic mass is 32.1. The molecule has 1 amide bonds. The molecule has 4 nitrogen and oxygen atoms in total. The molecule has 0 radical (unpaired) electrons. The SMILES string of the molecule is CC(C)c1ccccc1NC(=O)CN(C)c1nc2c(F)cccc2s1. The van der Waals surface area contributed by atoms with Crippen LogP contribution in [0.15, 0.2) is 42.5 Å². The highest BCUT2D eigenvalue weighted by Gasteiger charge is 2.15. The van der Waals surface area contributed by atoms with Gasteiger partial charge in [-0.25, -0.2) is 9.37 Å². The molecule has 0 atom stereocenters. The first-order valence-corrected chi connectivity index (χ1v) is 8.92. The number of amides is 1. The van der Waals surface area contributed by atoms with Gasteiger partial charge in [0.25, 0.3) is 0 Å². The fraction of sp³-hybridized carbons (Fsp3) is 0.263. The van der Waals surface area contributed by atoms with Crippen LogP contribution in [-0.2, 0) is 4.79 Å². The van der Waals surface area contributed by atoms with Crippen molar-refractivity contribution in [3.63, 3.8) is 0 Å². The Morgan fingerprint density at radius 2 is 2.00 bits per heavy atom. The summed E-state index contributed by atoms with van der Waals surface area (Å²) in [6, 6.07) is 12.7. The summed E-state index contributed by atoms with van der Waals surface area (Å²) in [6.45, 7) is 4.33. The Morgan fingerprint density at radius 1 is 1.24 bits per heavy atom. The molecule has 3 rings (SSSR count). The Labute approximate surface area is 150 Å². The van der Waals surface area contributed by atoms with E-state index in [1.807, 2.05) is 30.3 Å². The first-order valence-electron chi connectivity index (χ1n) is 8.10. The fourth-order valence-corrected chi connectivity index (χ4v) is 3.59. The summed E-state index contributed by atoms with van der Waals surface area (Å²) >= 11 is 1.37. The van der Waals surface area contributed by atoms with Gasteiger partial charge in [-0.3, -0.25) is 4.79 Å². The van der Waals surface area contributed by atoms with Gasteiger partial charge >= 0.3 is 0 Å². The predicted octanol–water partition coefficient (Wildman–Crippen LogP) is 4.63. The van der Waals surface area contributed by atoms with Gasteiger partial charge in [-0.15, -0.1) is 0 Å². The number of nitrogens with one attached hydrogen (secondary N) is 1. The van der Waals surface area contributed by atoms with Crippen LogP contribution in [0.25, 0.3) is 10.2 Å². The van der Waals surface area contributed by atoms with Gasteiger partial charge in [0.15, 0.2) is 5.13 Å². The standard InChI is InChI=1S/C19H20FN3OS/c1-12(2)13-7-4-5-9-15(13)21-17(24)11-23(3)19-22-18-14(20)8-6-10-16(18)25-19/h4-10,12H,11H2,1-3H3,(H,21,24). The van der Waals surface area contributed by atoms with E-state index >= 15 is 0 Å². The zero-order chi connectivity index (χ0) is 18.0. The fourth-order valence-electron chi connectivity index (χ4n) is 2.65. The average molecular weight is 357 g/mol. The van der Waals surface area contributed by atoms with Crippen molar-refractivity contribution in [2.45, 2.75) is 19.8 Å². The lowest BCUT2D eigenvalue weighted by atomic mass is 10.0. The van der Waals surface area contributed by atoms with Crippen LogP contribution < -0.4 is 10.2 Å². The number of thiazole rings is 1. The number of anilines is 2. The second-order valence-electron chi connectivity index (χ2n) is 6.23. The first kappa shape index (κ1) is 17.4. The number of carbonyl (C=O) groups is 1. The second-order valence-corrected chi connectivity index (χ2v) is 7.24. The molecule has 25 heavy (non-hydrogen) atoms. The van der Waals surface area contributed by atoms with Crippen LogP contribution in [0.5, 0.6) is 0 Å². The lowest BCUT2D eigenvalue weighted by molar-refractivity contribution is -0.114. The number of carbonyl (C=O) groups excluding carboxylic acids is 1. The highest BCUT2D eigenvalue weighted by molar-refractivity contribution is 7.22. The maximum atomic E-state index is 13.8. The molecule has 0 saturated heterocycles. The quantitative estimate of drug-likeness (QED) is 0.724. The van der Waals surface area contributed by atoms with E-state index < -0.39 is 0 Å². The molecule has 1 N–H and O–H groups in total. The van der Waals surface area contributed by atoms with Gasteiger partial charge in [0, 0.05) is 12.7 Å². The van der Waals surface area contributed by atoms with Crippen molar-refractivity contribution < 1.29 is 9.18 Å². The van der Waals surface area contributed by atoms with Crippen LogP contribution in [0.3, 0.4) is 0 Å². The predicted molar refractivity (Wildman–Crippen MR) is 102 cm³/mol. The number of hydrogen-bond donors (Lipinski definition) is 1. The van der Waals surface area contributed by atoms with Gasteiger partial charge in [0.05, 0.1) is 11.2 Å². The van der Waals surface area contributed by atoms with E-state index in [4.69, 9.17) is 0 Å². The van der Waals surface area contributed by atoms with Crippen molar-refractivity contribution in [3.8, 4) is 0 Å². The van der Waals surface area contributed by atoms with Gasteiger partial charge in [-0.1, -0.05) is 49.4 Å². The summed E-state index contributed by atoms with van der Waals surface area (Å²) in [4.78, 5) is 18.4. The third kappa shape index (κ3) is 3.79. The van der Waals surface area contributed by atoms with E-state index in [9.17, 15) is 9.18 Å². The van der Waals surface area contributed by atoms with Crippen molar-refractivity contribution >= 4 is 38.3 Å². The van der Waals surface area contributed by atoms with Gasteiger partial charge in [0.2, 0.25) is 5.91 Å². The van der Waals surface area contributed by atoms with E-state index in [-0.39, 0.29) is 18.3 Å². The highest BCUT2D eigenvalue weighted by Crippen LogP contribution is 2.29. The maximum Gasteiger partial charge on any atom is 0.243 e. The summed E-state index contributed by atoms with van der Waals surface area (Å²) in [6.07, 6.45) is 0. The number of aromatic nitrogens is 1. The molecule has 1 aromatic heterocycles.